The number of hydrogen-bond donors (Lipinski definition) is 1. The molecule has 6 rings (SSSR count). The van der Waals surface area contributed by atoms with E-state index in [0.717, 1.165) is 73.1 Å². The number of imidazole rings is 1. The SMILES string of the molecule is CC1(C)Cc2c(c(N3C[C@H]4CNC[C@H]4C3)n3c(nc4ccccc43)c2C#N)C1. The zero-order valence-electron chi connectivity index (χ0n) is 16.5. The highest BCUT2D eigenvalue weighted by atomic mass is 15.3. The van der Waals surface area contributed by atoms with Crippen LogP contribution in [-0.2, 0) is 12.8 Å². The molecule has 0 radical (unpaired) electrons. The molecule has 0 spiro atoms. The normalized spacial score (nSPS) is 25.4. The number of aromatic nitrogens is 2. The number of rotatable bonds is 1. The monoisotopic (exact) mass is 371 g/mol. The lowest BCUT2D eigenvalue weighted by atomic mass is 9.90. The molecule has 5 nitrogen and oxygen atoms in total. The molecule has 2 aliphatic heterocycles. The van der Waals surface area contributed by atoms with Gasteiger partial charge in [-0.15, -0.1) is 0 Å². The molecule has 142 valence electrons. The second-order valence-corrected chi connectivity index (χ2v) is 9.63. The lowest BCUT2D eigenvalue weighted by Crippen LogP contribution is -2.28. The van der Waals surface area contributed by atoms with Crippen molar-refractivity contribution in [3.8, 4) is 6.07 Å². The minimum absolute atomic E-state index is 0.189. The topological polar surface area (TPSA) is 56.4 Å². The van der Waals surface area contributed by atoms with Gasteiger partial charge in [0.05, 0.1) is 16.6 Å². The van der Waals surface area contributed by atoms with E-state index < -0.39 is 0 Å². The van der Waals surface area contributed by atoms with E-state index in [1.807, 2.05) is 6.07 Å². The molecule has 5 heteroatoms. The number of para-hydroxylation sites is 2. The number of nitrogens with zero attached hydrogens (tertiary/aromatic N) is 4. The van der Waals surface area contributed by atoms with Crippen molar-refractivity contribution in [2.45, 2.75) is 26.7 Å². The second kappa shape index (κ2) is 5.48. The van der Waals surface area contributed by atoms with Crippen LogP contribution < -0.4 is 10.2 Å². The third-order valence-electron chi connectivity index (χ3n) is 7.04. The average molecular weight is 371 g/mol. The summed E-state index contributed by atoms with van der Waals surface area (Å²) in [5, 5.41) is 13.6. The molecule has 3 aromatic rings. The highest BCUT2D eigenvalue weighted by Gasteiger charge is 2.41. The van der Waals surface area contributed by atoms with E-state index in [2.05, 4.69) is 52.7 Å². The molecule has 2 aromatic heterocycles. The predicted molar refractivity (Wildman–Crippen MR) is 111 cm³/mol. The second-order valence-electron chi connectivity index (χ2n) is 9.63. The Labute approximate surface area is 165 Å². The van der Waals surface area contributed by atoms with E-state index in [-0.39, 0.29) is 5.41 Å². The van der Waals surface area contributed by atoms with Crippen LogP contribution in [0.1, 0.15) is 30.5 Å². The first-order chi connectivity index (χ1) is 13.6. The Hall–Kier alpha value is -2.58. The molecular weight excluding hydrogens is 346 g/mol. The molecule has 0 bridgehead atoms. The number of benzene rings is 1. The van der Waals surface area contributed by atoms with Crippen molar-refractivity contribution >= 4 is 22.5 Å². The average Bonchev–Trinajstić information content (AvgIpc) is 3.39. The van der Waals surface area contributed by atoms with Crippen LogP contribution in [0.5, 0.6) is 0 Å². The van der Waals surface area contributed by atoms with Crippen LogP contribution in [0.4, 0.5) is 5.82 Å². The Morgan fingerprint density at radius 2 is 1.82 bits per heavy atom. The van der Waals surface area contributed by atoms with Crippen molar-refractivity contribution in [3.05, 3.63) is 41.0 Å². The first kappa shape index (κ1) is 16.4. The van der Waals surface area contributed by atoms with Crippen molar-refractivity contribution in [2.75, 3.05) is 31.1 Å². The molecule has 0 saturated carbocycles. The van der Waals surface area contributed by atoms with E-state index in [4.69, 9.17) is 4.98 Å². The number of hydrogen-bond acceptors (Lipinski definition) is 4. The van der Waals surface area contributed by atoms with Crippen molar-refractivity contribution in [3.63, 3.8) is 0 Å². The number of fused-ring (bicyclic) bond motifs is 5. The van der Waals surface area contributed by atoms with E-state index in [0.29, 0.717) is 0 Å². The minimum Gasteiger partial charge on any atom is -0.357 e. The van der Waals surface area contributed by atoms with Gasteiger partial charge in [-0.3, -0.25) is 4.40 Å². The maximum absolute atomic E-state index is 10.1. The van der Waals surface area contributed by atoms with Gasteiger partial charge in [-0.25, -0.2) is 4.98 Å². The van der Waals surface area contributed by atoms with E-state index in [1.54, 1.807) is 0 Å². The Kier molecular flexibility index (Phi) is 3.21. The fraction of sp³-hybridized carbons (Fsp3) is 0.478. The molecule has 0 amide bonds. The summed E-state index contributed by atoms with van der Waals surface area (Å²) < 4.78 is 2.29. The van der Waals surface area contributed by atoms with Crippen LogP contribution in [0.15, 0.2) is 24.3 Å². The Morgan fingerprint density at radius 1 is 1.11 bits per heavy atom. The summed E-state index contributed by atoms with van der Waals surface area (Å²) in [5.74, 6) is 2.76. The zero-order valence-corrected chi connectivity index (χ0v) is 16.5. The van der Waals surface area contributed by atoms with Crippen molar-refractivity contribution < 1.29 is 0 Å². The van der Waals surface area contributed by atoms with Gasteiger partial charge >= 0.3 is 0 Å². The summed E-state index contributed by atoms with van der Waals surface area (Å²) in [6.45, 7) is 9.08. The van der Waals surface area contributed by atoms with Gasteiger partial charge in [0.1, 0.15) is 11.9 Å². The molecule has 1 aromatic carbocycles. The van der Waals surface area contributed by atoms with Crippen LogP contribution in [0.25, 0.3) is 16.7 Å². The van der Waals surface area contributed by atoms with E-state index in [1.165, 1.54) is 16.9 Å². The smallest absolute Gasteiger partial charge is 0.157 e. The lowest BCUT2D eigenvalue weighted by molar-refractivity contribution is 0.392. The Bertz CT molecular complexity index is 1150. The summed E-state index contributed by atoms with van der Waals surface area (Å²) in [6, 6.07) is 10.8. The molecule has 28 heavy (non-hydrogen) atoms. The number of nitriles is 1. The highest BCUT2D eigenvalue weighted by Crippen LogP contribution is 2.46. The molecule has 0 unspecified atom stereocenters. The fourth-order valence-corrected chi connectivity index (χ4v) is 5.84. The summed E-state index contributed by atoms with van der Waals surface area (Å²) in [5.41, 5.74) is 6.52. The minimum atomic E-state index is 0.189. The molecule has 1 aliphatic carbocycles. The molecular formula is C23H25N5. The summed E-state index contributed by atoms with van der Waals surface area (Å²) in [7, 11) is 0. The van der Waals surface area contributed by atoms with Gasteiger partial charge in [-0.05, 0) is 53.4 Å². The Balaban J connectivity index is 1.69. The van der Waals surface area contributed by atoms with E-state index >= 15 is 0 Å². The van der Waals surface area contributed by atoms with Crippen molar-refractivity contribution in [1.82, 2.24) is 14.7 Å². The van der Waals surface area contributed by atoms with Crippen LogP contribution >= 0.6 is 0 Å². The summed E-state index contributed by atoms with van der Waals surface area (Å²) in [4.78, 5) is 7.51. The number of nitrogens with one attached hydrogen (secondary N) is 1. The van der Waals surface area contributed by atoms with Crippen LogP contribution in [0, 0.1) is 28.6 Å². The predicted octanol–water partition coefficient (Wildman–Crippen LogP) is 3.14. The van der Waals surface area contributed by atoms with Gasteiger partial charge in [0, 0.05) is 26.2 Å². The molecule has 2 atom stereocenters. The third-order valence-corrected chi connectivity index (χ3v) is 7.04. The van der Waals surface area contributed by atoms with Gasteiger partial charge in [-0.2, -0.15) is 5.26 Å². The van der Waals surface area contributed by atoms with Crippen molar-refractivity contribution in [2.24, 2.45) is 17.3 Å². The van der Waals surface area contributed by atoms with Crippen LogP contribution in [-0.4, -0.2) is 35.6 Å². The van der Waals surface area contributed by atoms with Gasteiger partial charge in [0.15, 0.2) is 5.65 Å². The molecule has 4 heterocycles. The molecule has 3 aliphatic rings. The first-order valence-corrected chi connectivity index (χ1v) is 10.4. The largest absolute Gasteiger partial charge is 0.357 e. The molecule has 2 fully saturated rings. The summed E-state index contributed by atoms with van der Waals surface area (Å²) in [6.07, 6.45) is 1.99. The van der Waals surface area contributed by atoms with Gasteiger partial charge in [0.25, 0.3) is 0 Å². The number of anilines is 1. The summed E-state index contributed by atoms with van der Waals surface area (Å²) >= 11 is 0. The first-order valence-electron chi connectivity index (χ1n) is 10.4. The molecule has 1 N–H and O–H groups in total. The maximum Gasteiger partial charge on any atom is 0.157 e. The highest BCUT2D eigenvalue weighted by molar-refractivity contribution is 5.87. The third kappa shape index (κ3) is 2.13. The maximum atomic E-state index is 10.1. The quantitative estimate of drug-likeness (QED) is 0.714. The van der Waals surface area contributed by atoms with Gasteiger partial charge in [0.2, 0.25) is 0 Å². The van der Waals surface area contributed by atoms with E-state index in [9.17, 15) is 5.26 Å². The fourth-order valence-electron chi connectivity index (χ4n) is 5.84. The Morgan fingerprint density at radius 3 is 2.57 bits per heavy atom. The van der Waals surface area contributed by atoms with Crippen LogP contribution in [0.2, 0.25) is 0 Å². The number of pyridine rings is 1. The zero-order chi connectivity index (χ0) is 19.0. The van der Waals surface area contributed by atoms with Crippen LogP contribution in [0.3, 0.4) is 0 Å². The van der Waals surface area contributed by atoms with Gasteiger partial charge in [-0.1, -0.05) is 26.0 Å². The van der Waals surface area contributed by atoms with Gasteiger partial charge < -0.3 is 10.2 Å². The molecule has 2 saturated heterocycles. The standard InChI is InChI=1S/C23H25N5/c1-23(2)7-16-17(8-23)22(27-12-14-10-25-11-15(14)13-27)28-20-6-4-3-5-19(20)26-21(28)18(16)9-24/h3-6,14-15,25H,7-8,10-13H2,1-2H3/t14-,15+. The lowest BCUT2D eigenvalue weighted by Gasteiger charge is -2.25. The van der Waals surface area contributed by atoms with Crippen molar-refractivity contribution in [1.29, 1.82) is 5.26 Å².